The van der Waals surface area contributed by atoms with Crippen molar-refractivity contribution in [2.24, 2.45) is 5.73 Å². The molecule has 1 aliphatic rings. The van der Waals surface area contributed by atoms with Crippen LogP contribution in [0.1, 0.15) is 31.5 Å². The van der Waals surface area contributed by atoms with Crippen LogP contribution < -0.4 is 5.73 Å². The minimum Gasteiger partial charge on any atom is -0.341 e. The number of hydrogen-bond acceptors (Lipinski definition) is 4. The number of aromatic nitrogens is 3. The summed E-state index contributed by atoms with van der Waals surface area (Å²) >= 11 is 0. The van der Waals surface area contributed by atoms with E-state index < -0.39 is 0 Å². The minimum atomic E-state index is 0.125. The van der Waals surface area contributed by atoms with Crippen molar-refractivity contribution in [1.29, 1.82) is 0 Å². The minimum absolute atomic E-state index is 0.125. The van der Waals surface area contributed by atoms with Crippen LogP contribution in [0.4, 0.5) is 0 Å². The van der Waals surface area contributed by atoms with Gasteiger partial charge in [-0.15, -0.1) is 0 Å². The fourth-order valence-electron chi connectivity index (χ4n) is 2.06. The topological polar surface area (TPSA) is 77.0 Å². The predicted molar refractivity (Wildman–Crippen MR) is 63.0 cm³/mol. The molecule has 0 unspecified atom stereocenters. The molecule has 2 N–H and O–H groups in total. The van der Waals surface area contributed by atoms with Gasteiger partial charge >= 0.3 is 0 Å². The van der Waals surface area contributed by atoms with Gasteiger partial charge in [-0.05, 0) is 12.8 Å². The molecule has 0 saturated carbocycles. The standard InChI is InChI=1S/C11H19N5O/c12-7-10-13-9-16(14-10)8-11(17)15-5-3-1-2-4-6-15/h9H,1-8,12H2. The van der Waals surface area contributed by atoms with Crippen molar-refractivity contribution in [3.63, 3.8) is 0 Å². The summed E-state index contributed by atoms with van der Waals surface area (Å²) in [6, 6.07) is 0. The SMILES string of the molecule is NCc1ncn(CC(=O)N2CCCCCC2)n1. The second-order valence-corrected chi connectivity index (χ2v) is 4.36. The number of nitrogens with zero attached hydrogens (tertiary/aromatic N) is 4. The Morgan fingerprint density at radius 2 is 2.00 bits per heavy atom. The van der Waals surface area contributed by atoms with Crippen LogP contribution in [0, 0.1) is 0 Å². The molecule has 6 heteroatoms. The number of hydrogen-bond donors (Lipinski definition) is 1. The Kier molecular flexibility index (Phi) is 4.08. The van der Waals surface area contributed by atoms with Gasteiger partial charge in [-0.25, -0.2) is 9.67 Å². The summed E-state index contributed by atoms with van der Waals surface area (Å²) < 4.78 is 1.56. The second-order valence-electron chi connectivity index (χ2n) is 4.36. The molecule has 17 heavy (non-hydrogen) atoms. The second kappa shape index (κ2) is 5.77. The molecule has 0 spiro atoms. The van der Waals surface area contributed by atoms with Gasteiger partial charge in [0.2, 0.25) is 5.91 Å². The molecular weight excluding hydrogens is 218 g/mol. The van der Waals surface area contributed by atoms with Crippen molar-refractivity contribution in [2.75, 3.05) is 13.1 Å². The van der Waals surface area contributed by atoms with E-state index in [0.717, 1.165) is 25.9 Å². The summed E-state index contributed by atoms with van der Waals surface area (Å²) in [7, 11) is 0. The summed E-state index contributed by atoms with van der Waals surface area (Å²) in [6.07, 6.45) is 6.24. The average molecular weight is 237 g/mol. The number of carbonyl (C=O) groups excluding carboxylic acids is 1. The molecule has 2 heterocycles. The van der Waals surface area contributed by atoms with E-state index in [9.17, 15) is 4.79 Å². The Bertz CT molecular complexity index is 368. The lowest BCUT2D eigenvalue weighted by Gasteiger charge is -2.19. The predicted octanol–water partition coefficient (Wildman–Crippen LogP) is 0.139. The molecule has 6 nitrogen and oxygen atoms in total. The summed E-state index contributed by atoms with van der Waals surface area (Å²) in [5.41, 5.74) is 5.42. The lowest BCUT2D eigenvalue weighted by atomic mass is 10.2. The van der Waals surface area contributed by atoms with Crippen LogP contribution >= 0.6 is 0 Å². The van der Waals surface area contributed by atoms with E-state index in [4.69, 9.17) is 5.73 Å². The Morgan fingerprint density at radius 1 is 1.29 bits per heavy atom. The van der Waals surface area contributed by atoms with Crippen LogP contribution in [0.2, 0.25) is 0 Å². The maximum Gasteiger partial charge on any atom is 0.244 e. The molecule has 0 atom stereocenters. The number of carbonyl (C=O) groups is 1. The summed E-state index contributed by atoms with van der Waals surface area (Å²) in [6.45, 7) is 2.33. The van der Waals surface area contributed by atoms with Gasteiger partial charge in [0, 0.05) is 13.1 Å². The van der Waals surface area contributed by atoms with Gasteiger partial charge in [0.25, 0.3) is 0 Å². The van der Waals surface area contributed by atoms with Crippen LogP contribution in [-0.4, -0.2) is 38.7 Å². The molecule has 1 amide bonds. The molecule has 94 valence electrons. The van der Waals surface area contributed by atoms with Crippen molar-refractivity contribution < 1.29 is 4.79 Å². The van der Waals surface area contributed by atoms with Gasteiger partial charge in [0.15, 0.2) is 5.82 Å². The highest BCUT2D eigenvalue weighted by molar-refractivity contribution is 5.75. The monoisotopic (exact) mass is 237 g/mol. The molecule has 1 saturated heterocycles. The van der Waals surface area contributed by atoms with E-state index in [1.165, 1.54) is 12.8 Å². The van der Waals surface area contributed by atoms with Crippen LogP contribution in [0.15, 0.2) is 6.33 Å². The normalized spacial score (nSPS) is 16.9. The van der Waals surface area contributed by atoms with Gasteiger partial charge in [-0.1, -0.05) is 12.8 Å². The zero-order valence-corrected chi connectivity index (χ0v) is 10.0. The molecular formula is C11H19N5O. The third-order valence-electron chi connectivity index (χ3n) is 3.02. The zero-order chi connectivity index (χ0) is 12.1. The highest BCUT2D eigenvalue weighted by Crippen LogP contribution is 2.10. The van der Waals surface area contributed by atoms with Crippen molar-refractivity contribution in [3.8, 4) is 0 Å². The maximum absolute atomic E-state index is 12.0. The third-order valence-corrected chi connectivity index (χ3v) is 3.02. The molecule has 2 rings (SSSR count). The molecule has 0 radical (unpaired) electrons. The zero-order valence-electron chi connectivity index (χ0n) is 10.0. The van der Waals surface area contributed by atoms with E-state index in [0.29, 0.717) is 12.4 Å². The van der Waals surface area contributed by atoms with Gasteiger partial charge in [-0.2, -0.15) is 5.10 Å². The van der Waals surface area contributed by atoms with Gasteiger partial charge in [0.05, 0.1) is 6.54 Å². The summed E-state index contributed by atoms with van der Waals surface area (Å²) in [5.74, 6) is 0.703. The Labute approximate surface area is 101 Å². The number of rotatable bonds is 3. The first-order chi connectivity index (χ1) is 8.29. The van der Waals surface area contributed by atoms with E-state index >= 15 is 0 Å². The molecule has 1 fully saturated rings. The molecule has 1 aromatic rings. The Hall–Kier alpha value is -1.43. The first-order valence-electron chi connectivity index (χ1n) is 6.16. The van der Waals surface area contributed by atoms with Gasteiger partial charge in [-0.3, -0.25) is 4.79 Å². The first kappa shape index (κ1) is 12.0. The van der Waals surface area contributed by atoms with Crippen molar-refractivity contribution in [3.05, 3.63) is 12.2 Å². The molecule has 1 aliphatic heterocycles. The smallest absolute Gasteiger partial charge is 0.244 e. The van der Waals surface area contributed by atoms with Gasteiger partial charge in [0.1, 0.15) is 12.9 Å². The molecule has 0 aliphatic carbocycles. The van der Waals surface area contributed by atoms with Crippen molar-refractivity contribution >= 4 is 5.91 Å². The van der Waals surface area contributed by atoms with E-state index in [2.05, 4.69) is 10.1 Å². The highest BCUT2D eigenvalue weighted by Gasteiger charge is 2.16. The molecule has 0 aromatic carbocycles. The fourth-order valence-corrected chi connectivity index (χ4v) is 2.06. The van der Waals surface area contributed by atoms with Crippen LogP contribution in [-0.2, 0) is 17.9 Å². The lowest BCUT2D eigenvalue weighted by molar-refractivity contribution is -0.132. The van der Waals surface area contributed by atoms with Gasteiger partial charge < -0.3 is 10.6 Å². The largest absolute Gasteiger partial charge is 0.341 e. The lowest BCUT2D eigenvalue weighted by Crippen LogP contribution is -2.34. The average Bonchev–Trinajstić information content (AvgIpc) is 2.62. The first-order valence-corrected chi connectivity index (χ1v) is 6.16. The Balaban J connectivity index is 1.90. The maximum atomic E-state index is 12.0. The molecule has 0 bridgehead atoms. The third kappa shape index (κ3) is 3.26. The number of amides is 1. The quantitative estimate of drug-likeness (QED) is 0.811. The van der Waals surface area contributed by atoms with E-state index in [1.807, 2.05) is 4.90 Å². The van der Waals surface area contributed by atoms with E-state index in [1.54, 1.807) is 11.0 Å². The summed E-state index contributed by atoms with van der Waals surface area (Å²) in [4.78, 5) is 18.0. The van der Waals surface area contributed by atoms with E-state index in [-0.39, 0.29) is 12.5 Å². The Morgan fingerprint density at radius 3 is 2.59 bits per heavy atom. The number of likely N-dealkylation sites (tertiary alicyclic amines) is 1. The van der Waals surface area contributed by atoms with Crippen molar-refractivity contribution in [1.82, 2.24) is 19.7 Å². The summed E-state index contributed by atoms with van der Waals surface area (Å²) in [5, 5.41) is 4.12. The highest BCUT2D eigenvalue weighted by atomic mass is 16.2. The van der Waals surface area contributed by atoms with Crippen LogP contribution in [0.3, 0.4) is 0 Å². The fraction of sp³-hybridized carbons (Fsp3) is 0.727. The van der Waals surface area contributed by atoms with Crippen molar-refractivity contribution in [2.45, 2.75) is 38.8 Å². The van der Waals surface area contributed by atoms with Crippen LogP contribution in [0.25, 0.3) is 0 Å². The molecule has 1 aromatic heterocycles. The number of nitrogens with two attached hydrogens (primary N) is 1. The van der Waals surface area contributed by atoms with Crippen LogP contribution in [0.5, 0.6) is 0 Å².